The van der Waals surface area contributed by atoms with Crippen LogP contribution in [0.4, 0.5) is 0 Å². The summed E-state index contributed by atoms with van der Waals surface area (Å²) in [7, 11) is 2.96. The zero-order chi connectivity index (χ0) is 6.15. The molecule has 1 aromatic rings. The molecule has 1 heterocycles. The maximum atomic E-state index is 4.84. The third kappa shape index (κ3) is 1.16. The van der Waals surface area contributed by atoms with E-state index in [0.717, 1.165) is 8.03 Å². The molecule has 1 rings (SSSR count). The van der Waals surface area contributed by atoms with Crippen molar-refractivity contribution in [2.24, 2.45) is 0 Å². The largest absolute Gasteiger partial charge is 0.778 e. The molecule has 0 aromatic carbocycles. The van der Waals surface area contributed by atoms with E-state index in [9.17, 15) is 0 Å². The molecule has 0 atom stereocenters. The molecule has 0 spiro atoms. The zero-order valence-electron chi connectivity index (χ0n) is 3.54. The lowest BCUT2D eigenvalue weighted by atomic mass is 10.8. The first-order valence-corrected chi connectivity index (χ1v) is 5.06. The lowest BCUT2D eigenvalue weighted by molar-refractivity contribution is 1.42. The minimum Gasteiger partial charge on any atom is -0.778 e. The lowest BCUT2D eigenvalue weighted by Gasteiger charge is -2.04. The van der Waals surface area contributed by atoms with E-state index in [1.54, 1.807) is 0 Å². The van der Waals surface area contributed by atoms with Crippen molar-refractivity contribution in [1.29, 1.82) is 0 Å². The van der Waals surface area contributed by atoms with E-state index in [0.29, 0.717) is 4.90 Å². The van der Waals surface area contributed by atoms with Crippen LogP contribution >= 0.6 is 32.9 Å². The Morgan fingerprint density at radius 2 is 1.88 bits per heavy atom. The topological polar surface area (TPSA) is 0 Å². The van der Waals surface area contributed by atoms with Crippen LogP contribution in [0.1, 0.15) is 0 Å². The van der Waals surface area contributed by atoms with Gasteiger partial charge in [-0.05, 0) is 0 Å². The van der Waals surface area contributed by atoms with Crippen molar-refractivity contribution in [2.75, 3.05) is 0 Å². The fourth-order valence-electron chi connectivity index (χ4n) is 0.235. The van der Waals surface area contributed by atoms with Gasteiger partial charge < -0.3 is 35.6 Å². The molecule has 8 heavy (non-hydrogen) atoms. The number of hydrogen-bond acceptors (Lipinski definition) is 5. The highest BCUT2D eigenvalue weighted by Gasteiger charge is 1.77. The van der Waals surface area contributed by atoms with Crippen LogP contribution in [0.3, 0.4) is 0 Å². The van der Waals surface area contributed by atoms with Crippen molar-refractivity contribution >= 4 is 58.2 Å². The number of rotatable bonds is 0. The molecule has 0 amide bonds. The molecule has 1 aromatic heterocycles. The van der Waals surface area contributed by atoms with E-state index in [-0.39, 0.29) is 0 Å². The van der Waals surface area contributed by atoms with Crippen LogP contribution in [0, 0.1) is 3.82 Å². The van der Waals surface area contributed by atoms with Gasteiger partial charge in [0.25, 0.3) is 0 Å². The highest BCUT2D eigenvalue weighted by atomic mass is 32.9. The summed E-state index contributed by atoms with van der Waals surface area (Å²) in [5, 5.41) is 0. The fourth-order valence-corrected chi connectivity index (χ4v) is 3.34. The second-order valence-corrected chi connectivity index (χ2v) is 4.96. The molecular formula is C3S5-2. The molecule has 0 radical (unpaired) electrons. The van der Waals surface area contributed by atoms with E-state index in [1.165, 1.54) is 20.7 Å². The van der Waals surface area contributed by atoms with Crippen LogP contribution < -0.4 is 0 Å². The predicted octanol–water partition coefficient (Wildman–Crippen LogP) is 2.35. The number of hydrogen-bond donors (Lipinski definition) is 0. The van der Waals surface area contributed by atoms with Crippen molar-refractivity contribution in [3.8, 4) is 0 Å². The van der Waals surface area contributed by atoms with E-state index in [4.69, 9.17) is 37.5 Å². The van der Waals surface area contributed by atoms with Crippen LogP contribution in [-0.4, -0.2) is 0 Å². The van der Waals surface area contributed by atoms with Crippen molar-refractivity contribution in [3.05, 3.63) is 3.82 Å². The molecule has 0 nitrogen and oxygen atoms in total. The van der Waals surface area contributed by atoms with Gasteiger partial charge in [0.1, 0.15) is 0 Å². The van der Waals surface area contributed by atoms with Gasteiger partial charge in [0, 0.05) is 0 Å². The summed E-state index contributed by atoms with van der Waals surface area (Å²) in [6, 6.07) is 0. The molecule has 0 unspecified atom stereocenters. The zero-order valence-corrected chi connectivity index (χ0v) is 7.62. The van der Waals surface area contributed by atoms with Gasteiger partial charge in [-0.25, -0.2) is 0 Å². The summed E-state index contributed by atoms with van der Waals surface area (Å²) in [6.07, 6.45) is 0. The molecule has 44 valence electrons. The predicted molar refractivity (Wildman–Crippen MR) is 44.3 cm³/mol. The maximum absolute atomic E-state index is 4.84. The van der Waals surface area contributed by atoms with Gasteiger partial charge >= 0.3 is 0 Å². The second kappa shape index (κ2) is 2.53. The molecule has 0 saturated carbocycles. The molecule has 0 N–H and O–H groups in total. The normalized spacial score (nSPS) is 9.50. The summed E-state index contributed by atoms with van der Waals surface area (Å²) >= 11 is 14.5. The Morgan fingerprint density at radius 1 is 1.25 bits per heavy atom. The fraction of sp³-hybridized carbons (Fsp3) is 0. The quantitative estimate of drug-likeness (QED) is 0.355. The Labute approximate surface area is 70.8 Å². The van der Waals surface area contributed by atoms with Crippen LogP contribution in [-0.2, 0) is 25.3 Å². The third-order valence-corrected chi connectivity index (χ3v) is 5.07. The third-order valence-electron chi connectivity index (χ3n) is 0.564. The first-order valence-electron chi connectivity index (χ1n) is 1.69. The van der Waals surface area contributed by atoms with Crippen LogP contribution in [0.15, 0.2) is 9.10 Å². The Hall–Kier alpha value is 0.710. The van der Waals surface area contributed by atoms with Gasteiger partial charge in [0.2, 0.25) is 0 Å². The monoisotopic (exact) mass is 196 g/mol. The van der Waals surface area contributed by atoms with Gasteiger partial charge in [-0.1, -0.05) is 12.2 Å². The first kappa shape index (κ1) is 6.82. The maximum Gasteiger partial charge on any atom is 0.0615 e. The van der Waals surface area contributed by atoms with Gasteiger partial charge in [-0.2, -0.15) is 15.2 Å². The Bertz CT molecular complexity index is 230. The smallest absolute Gasteiger partial charge is 0.0615 e. The molecule has 0 aliphatic rings. The summed E-state index contributed by atoms with van der Waals surface area (Å²) in [4.78, 5) is 0.685. The molecule has 0 saturated heterocycles. The molecule has 0 aliphatic heterocycles. The van der Waals surface area contributed by atoms with E-state index in [2.05, 4.69) is 0 Å². The minimum atomic E-state index is 0.685. The van der Waals surface area contributed by atoms with Gasteiger partial charge in [-0.15, -0.1) is 4.21 Å². The molecular weight excluding hydrogens is 196 g/mol. The van der Waals surface area contributed by atoms with Crippen LogP contribution in [0.2, 0.25) is 0 Å². The van der Waals surface area contributed by atoms with Crippen molar-refractivity contribution in [2.45, 2.75) is 9.10 Å². The Balaban J connectivity index is 3.41. The standard InChI is InChI=1S/C3H2S5/c4-1-2(5)7-8-3(1)6/h4-5H/p-2. The van der Waals surface area contributed by atoms with E-state index >= 15 is 0 Å². The molecule has 5 heteroatoms. The van der Waals surface area contributed by atoms with Crippen LogP contribution in [0.5, 0.6) is 0 Å². The minimum absolute atomic E-state index is 0.685. The Kier molecular flexibility index (Phi) is 2.16. The average Bonchev–Trinajstić information content (AvgIpc) is 1.98. The van der Waals surface area contributed by atoms with Gasteiger partial charge in [-0.3, -0.25) is 0 Å². The average molecular weight is 196 g/mol. The lowest BCUT2D eigenvalue weighted by Crippen LogP contribution is -1.63. The first-order chi connectivity index (χ1) is 3.72. The highest BCUT2D eigenvalue weighted by Crippen LogP contribution is 2.23. The van der Waals surface area contributed by atoms with E-state index in [1.807, 2.05) is 0 Å². The summed E-state index contributed by atoms with van der Waals surface area (Å²) < 4.78 is 1.52. The molecule has 0 bridgehead atoms. The van der Waals surface area contributed by atoms with E-state index < -0.39 is 0 Å². The highest BCUT2D eigenvalue weighted by molar-refractivity contribution is 7.82. The van der Waals surface area contributed by atoms with Crippen molar-refractivity contribution < 1.29 is 0 Å². The Morgan fingerprint density at radius 3 is 2.00 bits per heavy atom. The summed E-state index contributed by atoms with van der Waals surface area (Å²) in [5.74, 6) is 0. The second-order valence-electron chi connectivity index (χ2n) is 1.07. The molecule has 0 aliphatic carbocycles. The van der Waals surface area contributed by atoms with Gasteiger partial charge in [0.05, 0.1) is 3.82 Å². The van der Waals surface area contributed by atoms with Gasteiger partial charge in [0.15, 0.2) is 0 Å². The van der Waals surface area contributed by atoms with Crippen molar-refractivity contribution in [3.63, 3.8) is 0 Å². The summed E-state index contributed by atoms with van der Waals surface area (Å²) in [6.45, 7) is 0. The van der Waals surface area contributed by atoms with Crippen LogP contribution in [0.25, 0.3) is 0 Å². The van der Waals surface area contributed by atoms with Crippen molar-refractivity contribution in [1.82, 2.24) is 0 Å². The SMILES string of the molecule is S=c1ssc([S-])c1[S-]. The summed E-state index contributed by atoms with van der Waals surface area (Å²) in [5.41, 5.74) is 0. The molecule has 0 fully saturated rings.